The van der Waals surface area contributed by atoms with Crippen molar-refractivity contribution in [2.24, 2.45) is 0 Å². The normalized spacial score (nSPS) is 14.9. The molecule has 35 heavy (non-hydrogen) atoms. The van der Waals surface area contributed by atoms with Crippen molar-refractivity contribution in [2.45, 2.75) is 13.3 Å². The molecule has 3 aromatic rings. The van der Waals surface area contributed by atoms with Crippen LogP contribution in [0.2, 0.25) is 15.1 Å². The number of anilines is 1. The number of imide groups is 2. The van der Waals surface area contributed by atoms with Crippen molar-refractivity contribution >= 4 is 64.4 Å². The van der Waals surface area contributed by atoms with E-state index in [1.165, 1.54) is 12.1 Å². The van der Waals surface area contributed by atoms with Gasteiger partial charge in [-0.2, -0.15) is 0 Å². The summed E-state index contributed by atoms with van der Waals surface area (Å²) in [6, 6.07) is 16.2. The second-order valence-electron chi connectivity index (χ2n) is 7.59. The molecule has 1 aliphatic heterocycles. The van der Waals surface area contributed by atoms with Crippen LogP contribution in [0.1, 0.15) is 23.6 Å². The zero-order chi connectivity index (χ0) is 25.1. The van der Waals surface area contributed by atoms with Crippen molar-refractivity contribution in [2.75, 3.05) is 11.5 Å². The van der Waals surface area contributed by atoms with E-state index in [4.69, 9.17) is 39.5 Å². The minimum absolute atomic E-state index is 0.165. The van der Waals surface area contributed by atoms with Crippen LogP contribution in [0.25, 0.3) is 6.08 Å². The smallest absolute Gasteiger partial charge is 0.335 e. The molecule has 6 nitrogen and oxygen atoms in total. The molecule has 1 aliphatic rings. The number of barbiturate groups is 1. The van der Waals surface area contributed by atoms with E-state index < -0.39 is 17.8 Å². The summed E-state index contributed by atoms with van der Waals surface area (Å²) < 4.78 is 5.81. The number of nitrogens with one attached hydrogen (secondary N) is 1. The Bertz CT molecular complexity index is 1370. The molecule has 0 aromatic heterocycles. The largest absolute Gasteiger partial charge is 0.494 e. The number of amides is 4. The predicted octanol–water partition coefficient (Wildman–Crippen LogP) is 6.30. The summed E-state index contributed by atoms with van der Waals surface area (Å²) in [5, 5.41) is 3.35. The standard InChI is InChI=1S/C26H19Cl3N2O4/c1-2-35-23-13-15(12-21(29)17(23)14-16-7-3-4-8-19(16)27)11-18-24(32)30-26(34)31(25(18)33)22-10-6-5-9-20(22)28/h3-13H,2,14H2,1H3,(H,30,32,34)/b18-11+. The maximum Gasteiger partial charge on any atom is 0.335 e. The fraction of sp³-hybridized carbons (Fsp3) is 0.115. The number of urea groups is 1. The summed E-state index contributed by atoms with van der Waals surface area (Å²) in [5.41, 5.74) is 1.96. The minimum Gasteiger partial charge on any atom is -0.494 e. The molecule has 0 bridgehead atoms. The van der Waals surface area contributed by atoms with Crippen molar-refractivity contribution in [1.29, 1.82) is 0 Å². The number of carbonyl (C=O) groups excluding carboxylic acids is 3. The molecule has 0 spiro atoms. The van der Waals surface area contributed by atoms with Crippen molar-refractivity contribution in [3.05, 3.63) is 98.0 Å². The van der Waals surface area contributed by atoms with Gasteiger partial charge in [0.05, 0.1) is 17.3 Å². The van der Waals surface area contributed by atoms with Crippen LogP contribution in [0, 0.1) is 0 Å². The van der Waals surface area contributed by atoms with E-state index in [0.717, 1.165) is 16.0 Å². The monoisotopic (exact) mass is 528 g/mol. The lowest BCUT2D eigenvalue weighted by atomic mass is 10.00. The van der Waals surface area contributed by atoms with Gasteiger partial charge in [0.25, 0.3) is 11.8 Å². The lowest BCUT2D eigenvalue weighted by Gasteiger charge is -2.27. The summed E-state index contributed by atoms with van der Waals surface area (Å²) in [7, 11) is 0. The Morgan fingerprint density at radius 1 is 0.914 bits per heavy atom. The second-order valence-corrected chi connectivity index (χ2v) is 8.81. The Hall–Kier alpha value is -3.32. The Balaban J connectivity index is 1.74. The molecule has 1 N–H and O–H groups in total. The van der Waals surface area contributed by atoms with Gasteiger partial charge < -0.3 is 4.74 Å². The van der Waals surface area contributed by atoms with Crippen LogP contribution in [-0.2, 0) is 16.0 Å². The van der Waals surface area contributed by atoms with Gasteiger partial charge in [-0.15, -0.1) is 0 Å². The maximum absolute atomic E-state index is 13.2. The molecule has 0 atom stereocenters. The third kappa shape index (κ3) is 5.20. The molecule has 4 rings (SSSR count). The number of carbonyl (C=O) groups is 3. The highest BCUT2D eigenvalue weighted by Gasteiger charge is 2.37. The zero-order valence-corrected chi connectivity index (χ0v) is 20.7. The van der Waals surface area contributed by atoms with E-state index in [1.807, 2.05) is 25.1 Å². The highest BCUT2D eigenvalue weighted by Crippen LogP contribution is 2.34. The molecule has 1 saturated heterocycles. The van der Waals surface area contributed by atoms with E-state index in [9.17, 15) is 14.4 Å². The summed E-state index contributed by atoms with van der Waals surface area (Å²) in [5.74, 6) is -1.13. The van der Waals surface area contributed by atoms with Gasteiger partial charge in [-0.05, 0) is 54.5 Å². The molecule has 9 heteroatoms. The number of benzene rings is 3. The maximum atomic E-state index is 13.2. The van der Waals surface area contributed by atoms with E-state index >= 15 is 0 Å². The molecule has 0 radical (unpaired) electrons. The van der Waals surface area contributed by atoms with Gasteiger partial charge >= 0.3 is 6.03 Å². The summed E-state index contributed by atoms with van der Waals surface area (Å²) in [4.78, 5) is 39.0. The summed E-state index contributed by atoms with van der Waals surface area (Å²) >= 11 is 19.1. The Kier molecular flexibility index (Phi) is 7.45. The van der Waals surface area contributed by atoms with Crippen LogP contribution in [0.15, 0.2) is 66.2 Å². The number of ether oxygens (including phenoxy) is 1. The number of rotatable bonds is 6. The predicted molar refractivity (Wildman–Crippen MR) is 137 cm³/mol. The molecular formula is C26H19Cl3N2O4. The summed E-state index contributed by atoms with van der Waals surface area (Å²) in [6.07, 6.45) is 1.79. The van der Waals surface area contributed by atoms with Gasteiger partial charge in [-0.3, -0.25) is 14.9 Å². The van der Waals surface area contributed by atoms with Crippen molar-refractivity contribution < 1.29 is 19.1 Å². The van der Waals surface area contributed by atoms with Gasteiger partial charge in [-0.25, -0.2) is 9.69 Å². The quantitative estimate of drug-likeness (QED) is 0.300. The first kappa shape index (κ1) is 24.8. The molecule has 178 valence electrons. The fourth-order valence-corrected chi connectivity index (χ4v) is 4.39. The van der Waals surface area contributed by atoms with Gasteiger partial charge in [0.2, 0.25) is 0 Å². The van der Waals surface area contributed by atoms with Crippen LogP contribution in [0.3, 0.4) is 0 Å². The fourth-order valence-electron chi connectivity index (χ4n) is 3.68. The van der Waals surface area contributed by atoms with Crippen molar-refractivity contribution in [3.63, 3.8) is 0 Å². The Morgan fingerprint density at radius 3 is 2.29 bits per heavy atom. The minimum atomic E-state index is -0.881. The van der Waals surface area contributed by atoms with Gasteiger partial charge in [-0.1, -0.05) is 65.1 Å². The lowest BCUT2D eigenvalue weighted by molar-refractivity contribution is -0.122. The highest BCUT2D eigenvalue weighted by atomic mass is 35.5. The molecule has 4 amide bonds. The van der Waals surface area contributed by atoms with Crippen LogP contribution < -0.4 is 15.0 Å². The van der Waals surface area contributed by atoms with E-state index in [2.05, 4.69) is 5.32 Å². The average Bonchev–Trinajstić information content (AvgIpc) is 2.81. The second kappa shape index (κ2) is 10.5. The van der Waals surface area contributed by atoms with Gasteiger partial charge in [0.1, 0.15) is 11.3 Å². The van der Waals surface area contributed by atoms with E-state index in [0.29, 0.717) is 34.4 Å². The van der Waals surface area contributed by atoms with Crippen molar-refractivity contribution in [3.8, 4) is 5.75 Å². The topological polar surface area (TPSA) is 75.7 Å². The highest BCUT2D eigenvalue weighted by molar-refractivity contribution is 6.42. The van der Waals surface area contributed by atoms with Crippen LogP contribution >= 0.6 is 34.8 Å². The third-order valence-electron chi connectivity index (χ3n) is 5.31. The SMILES string of the molecule is CCOc1cc(/C=C2\C(=O)NC(=O)N(c3ccccc3Cl)C2=O)cc(Cl)c1Cc1ccccc1Cl. The first-order chi connectivity index (χ1) is 16.8. The lowest BCUT2D eigenvalue weighted by Crippen LogP contribution is -2.54. The number of para-hydroxylation sites is 1. The molecule has 3 aromatic carbocycles. The van der Waals surface area contributed by atoms with Crippen LogP contribution in [0.4, 0.5) is 10.5 Å². The van der Waals surface area contributed by atoms with E-state index in [-0.39, 0.29) is 16.3 Å². The Labute approximate surface area is 217 Å². The molecular weight excluding hydrogens is 511 g/mol. The molecule has 1 heterocycles. The van der Waals surface area contributed by atoms with Crippen LogP contribution in [-0.4, -0.2) is 24.5 Å². The van der Waals surface area contributed by atoms with Gasteiger partial charge in [0, 0.05) is 22.0 Å². The molecule has 1 fully saturated rings. The first-order valence-corrected chi connectivity index (χ1v) is 11.8. The third-order valence-corrected chi connectivity index (χ3v) is 6.33. The first-order valence-electron chi connectivity index (χ1n) is 10.6. The number of hydrogen-bond donors (Lipinski definition) is 1. The van der Waals surface area contributed by atoms with Gasteiger partial charge in [0.15, 0.2) is 0 Å². The zero-order valence-electron chi connectivity index (χ0n) is 18.5. The molecule has 0 saturated carbocycles. The van der Waals surface area contributed by atoms with Crippen molar-refractivity contribution in [1.82, 2.24) is 5.32 Å². The molecule has 0 unspecified atom stereocenters. The average molecular weight is 530 g/mol. The van der Waals surface area contributed by atoms with E-state index in [1.54, 1.807) is 36.4 Å². The number of hydrogen-bond acceptors (Lipinski definition) is 4. The summed E-state index contributed by atoms with van der Waals surface area (Å²) in [6.45, 7) is 2.21. The van der Waals surface area contributed by atoms with Crippen LogP contribution in [0.5, 0.6) is 5.75 Å². The number of halogens is 3. The Morgan fingerprint density at radius 2 is 1.60 bits per heavy atom. The molecule has 0 aliphatic carbocycles. The number of nitrogens with zero attached hydrogens (tertiary/aromatic N) is 1.